The fourth-order valence-corrected chi connectivity index (χ4v) is 3.54. The monoisotopic (exact) mass is 335 g/mol. The summed E-state index contributed by atoms with van der Waals surface area (Å²) in [5, 5.41) is 0. The first-order chi connectivity index (χ1) is 12.1. The molecule has 130 valence electrons. The van der Waals surface area contributed by atoms with Crippen molar-refractivity contribution in [3.63, 3.8) is 0 Å². The van der Waals surface area contributed by atoms with Crippen LogP contribution in [0.5, 0.6) is 5.75 Å². The summed E-state index contributed by atoms with van der Waals surface area (Å²) in [4.78, 5) is 10.9. The molecule has 1 aliphatic heterocycles. The van der Waals surface area contributed by atoms with Crippen LogP contribution in [0.15, 0.2) is 54.1 Å². The van der Waals surface area contributed by atoms with E-state index in [4.69, 9.17) is 10.5 Å². The Hall–Kier alpha value is -2.39. The standard InChI is InChI=1S/C13H17N.C9H8O2/c1-9-10(2)12(7-8-14)13-6-4-3-5-11(9)13;10-8-5-7-3-1-2-4-9(7)11-6-8/h3-6,9H,7-8,14H2,1-2H3;1-4H,5-6H2. The SMILES string of the molecule is CC1=C(CCN)c2ccccc2C1C.O=C1COc2ccccc2C1. The van der Waals surface area contributed by atoms with Crippen LogP contribution in [-0.4, -0.2) is 18.9 Å². The van der Waals surface area contributed by atoms with E-state index in [0.29, 0.717) is 12.3 Å². The van der Waals surface area contributed by atoms with Crippen LogP contribution in [0.3, 0.4) is 0 Å². The van der Waals surface area contributed by atoms with E-state index < -0.39 is 0 Å². The van der Waals surface area contributed by atoms with Gasteiger partial charge >= 0.3 is 0 Å². The Balaban J connectivity index is 0.000000150. The zero-order chi connectivity index (χ0) is 17.8. The predicted octanol–water partition coefficient (Wildman–Crippen LogP) is 4.12. The third-order valence-electron chi connectivity index (χ3n) is 5.02. The van der Waals surface area contributed by atoms with Gasteiger partial charge in [0.05, 0.1) is 0 Å². The molecule has 1 heterocycles. The van der Waals surface area contributed by atoms with E-state index >= 15 is 0 Å². The molecule has 0 spiro atoms. The number of fused-ring (bicyclic) bond motifs is 2. The lowest BCUT2D eigenvalue weighted by Crippen LogP contribution is -2.19. The van der Waals surface area contributed by atoms with Crippen LogP contribution in [-0.2, 0) is 11.2 Å². The van der Waals surface area contributed by atoms with Crippen molar-refractivity contribution >= 4 is 11.4 Å². The Kier molecular flexibility index (Phi) is 5.34. The van der Waals surface area contributed by atoms with Gasteiger partial charge in [-0.15, -0.1) is 0 Å². The van der Waals surface area contributed by atoms with Crippen LogP contribution in [0.25, 0.3) is 5.57 Å². The summed E-state index contributed by atoms with van der Waals surface area (Å²) in [7, 11) is 0. The maximum absolute atomic E-state index is 10.9. The summed E-state index contributed by atoms with van der Waals surface area (Å²) >= 11 is 0. The molecule has 1 atom stereocenters. The Morgan fingerprint density at radius 1 is 1.12 bits per heavy atom. The Labute approximate surface area is 149 Å². The zero-order valence-corrected chi connectivity index (χ0v) is 14.9. The number of benzene rings is 2. The van der Waals surface area contributed by atoms with Crippen LogP contribution in [0, 0.1) is 0 Å². The maximum atomic E-state index is 10.9. The number of para-hydroxylation sites is 1. The number of hydrogen-bond donors (Lipinski definition) is 1. The highest BCUT2D eigenvalue weighted by Gasteiger charge is 2.23. The fraction of sp³-hybridized carbons (Fsp3) is 0.318. The van der Waals surface area contributed by atoms with E-state index in [1.54, 1.807) is 0 Å². The minimum Gasteiger partial charge on any atom is -0.486 e. The number of nitrogens with two attached hydrogens (primary N) is 1. The number of ketones is 1. The second kappa shape index (κ2) is 7.66. The third kappa shape index (κ3) is 3.67. The smallest absolute Gasteiger partial charge is 0.174 e. The average molecular weight is 335 g/mol. The first-order valence-corrected chi connectivity index (χ1v) is 8.83. The molecule has 0 amide bonds. The van der Waals surface area contributed by atoms with Crippen LogP contribution in [0.2, 0.25) is 0 Å². The molecule has 0 bridgehead atoms. The molecule has 0 saturated heterocycles. The summed E-state index contributed by atoms with van der Waals surface area (Å²) < 4.78 is 5.19. The summed E-state index contributed by atoms with van der Waals surface area (Å²) in [6.45, 7) is 5.48. The molecule has 1 aliphatic carbocycles. The summed E-state index contributed by atoms with van der Waals surface area (Å²) in [6, 6.07) is 16.3. The van der Waals surface area contributed by atoms with Gasteiger partial charge in [0, 0.05) is 17.9 Å². The normalized spacial score (nSPS) is 18.0. The highest BCUT2D eigenvalue weighted by Crippen LogP contribution is 2.42. The number of hydrogen-bond acceptors (Lipinski definition) is 3. The van der Waals surface area contributed by atoms with Crippen molar-refractivity contribution in [2.24, 2.45) is 5.73 Å². The first kappa shape index (κ1) is 17.4. The number of carbonyl (C=O) groups is 1. The molecule has 0 saturated carbocycles. The minimum atomic E-state index is 0.156. The van der Waals surface area contributed by atoms with Crippen LogP contribution < -0.4 is 10.5 Å². The molecular weight excluding hydrogens is 310 g/mol. The second-order valence-corrected chi connectivity index (χ2v) is 6.62. The highest BCUT2D eigenvalue weighted by molar-refractivity contribution is 5.84. The highest BCUT2D eigenvalue weighted by atomic mass is 16.5. The Bertz CT molecular complexity index is 807. The van der Waals surface area contributed by atoms with Gasteiger partial charge in [-0.2, -0.15) is 0 Å². The number of allylic oxidation sites excluding steroid dienone is 1. The lowest BCUT2D eigenvalue weighted by atomic mass is 9.99. The van der Waals surface area contributed by atoms with Gasteiger partial charge in [0.15, 0.2) is 5.78 Å². The molecule has 2 aromatic rings. The van der Waals surface area contributed by atoms with Crippen LogP contribution >= 0.6 is 0 Å². The number of carbonyl (C=O) groups excluding carboxylic acids is 1. The molecule has 0 fully saturated rings. The van der Waals surface area contributed by atoms with Gasteiger partial charge in [-0.1, -0.05) is 55.0 Å². The quantitative estimate of drug-likeness (QED) is 0.898. The Morgan fingerprint density at radius 3 is 2.64 bits per heavy atom. The largest absolute Gasteiger partial charge is 0.486 e. The molecular formula is C22H25NO2. The van der Waals surface area contributed by atoms with Crippen molar-refractivity contribution in [3.05, 3.63) is 70.8 Å². The van der Waals surface area contributed by atoms with Crippen molar-refractivity contribution in [2.45, 2.75) is 32.6 Å². The Morgan fingerprint density at radius 2 is 1.84 bits per heavy atom. The molecule has 3 heteroatoms. The van der Waals surface area contributed by atoms with Gasteiger partial charge in [-0.05, 0) is 42.7 Å². The van der Waals surface area contributed by atoms with Crippen molar-refractivity contribution < 1.29 is 9.53 Å². The number of Topliss-reactive ketones (excluding diaryl/α,β-unsaturated/α-hetero) is 1. The fourth-order valence-electron chi connectivity index (χ4n) is 3.54. The van der Waals surface area contributed by atoms with Crippen molar-refractivity contribution in [1.29, 1.82) is 0 Å². The molecule has 0 aromatic heterocycles. The predicted molar refractivity (Wildman–Crippen MR) is 102 cm³/mol. The lowest BCUT2D eigenvalue weighted by molar-refractivity contribution is -0.121. The van der Waals surface area contributed by atoms with Crippen LogP contribution in [0.4, 0.5) is 0 Å². The molecule has 25 heavy (non-hydrogen) atoms. The topological polar surface area (TPSA) is 52.3 Å². The molecule has 2 aromatic carbocycles. The van der Waals surface area contributed by atoms with Crippen LogP contribution in [0.1, 0.15) is 42.9 Å². The van der Waals surface area contributed by atoms with Crippen molar-refractivity contribution in [2.75, 3.05) is 13.2 Å². The molecule has 0 radical (unpaired) electrons. The molecule has 1 unspecified atom stereocenters. The van der Waals surface area contributed by atoms with Gasteiger partial charge in [-0.3, -0.25) is 4.79 Å². The van der Waals surface area contributed by atoms with Gasteiger partial charge in [0.1, 0.15) is 12.4 Å². The summed E-state index contributed by atoms with van der Waals surface area (Å²) in [5.74, 6) is 1.59. The summed E-state index contributed by atoms with van der Waals surface area (Å²) in [6.07, 6.45) is 1.53. The van der Waals surface area contributed by atoms with Crippen molar-refractivity contribution in [3.8, 4) is 5.75 Å². The van der Waals surface area contributed by atoms with E-state index in [9.17, 15) is 4.79 Å². The molecule has 3 nitrogen and oxygen atoms in total. The third-order valence-corrected chi connectivity index (χ3v) is 5.02. The lowest BCUT2D eigenvalue weighted by Gasteiger charge is -2.14. The molecule has 4 rings (SSSR count). The number of rotatable bonds is 2. The van der Waals surface area contributed by atoms with E-state index in [-0.39, 0.29) is 12.4 Å². The minimum absolute atomic E-state index is 0.156. The zero-order valence-electron chi connectivity index (χ0n) is 14.9. The van der Waals surface area contributed by atoms with E-state index in [2.05, 4.69) is 38.1 Å². The number of ether oxygens (including phenoxy) is 1. The van der Waals surface area contributed by atoms with Gasteiger partial charge < -0.3 is 10.5 Å². The van der Waals surface area contributed by atoms with Crippen molar-refractivity contribution in [1.82, 2.24) is 0 Å². The molecule has 2 N–H and O–H groups in total. The average Bonchev–Trinajstić information content (AvgIpc) is 2.88. The van der Waals surface area contributed by atoms with E-state index in [1.165, 1.54) is 22.3 Å². The molecule has 2 aliphatic rings. The van der Waals surface area contributed by atoms with Gasteiger partial charge in [0.2, 0.25) is 0 Å². The summed E-state index contributed by atoms with van der Waals surface area (Å²) in [5.41, 5.74) is 12.5. The van der Waals surface area contributed by atoms with E-state index in [1.807, 2.05) is 24.3 Å². The second-order valence-electron chi connectivity index (χ2n) is 6.62. The maximum Gasteiger partial charge on any atom is 0.174 e. The van der Waals surface area contributed by atoms with Gasteiger partial charge in [-0.25, -0.2) is 0 Å². The van der Waals surface area contributed by atoms with E-state index in [0.717, 1.165) is 24.3 Å². The van der Waals surface area contributed by atoms with Gasteiger partial charge in [0.25, 0.3) is 0 Å². The first-order valence-electron chi connectivity index (χ1n) is 8.83.